The van der Waals surface area contributed by atoms with Gasteiger partial charge in [-0.05, 0) is 31.0 Å². The Morgan fingerprint density at radius 2 is 1.88 bits per heavy atom. The zero-order valence-corrected chi connectivity index (χ0v) is 13.7. The van der Waals surface area contributed by atoms with E-state index < -0.39 is 29.2 Å². The minimum absolute atomic E-state index is 0.107. The van der Waals surface area contributed by atoms with Gasteiger partial charge in [-0.25, -0.2) is 0 Å². The lowest BCUT2D eigenvalue weighted by Crippen LogP contribution is -2.47. The van der Waals surface area contributed by atoms with Crippen LogP contribution in [0.3, 0.4) is 0 Å². The Morgan fingerprint density at radius 3 is 2.42 bits per heavy atom. The van der Waals surface area contributed by atoms with Gasteiger partial charge in [0.15, 0.2) is 0 Å². The quantitative estimate of drug-likeness (QED) is 0.717. The second-order valence-electron chi connectivity index (χ2n) is 5.88. The molecule has 0 fully saturated rings. The van der Waals surface area contributed by atoms with E-state index in [0.29, 0.717) is 6.42 Å². The first-order valence-electron chi connectivity index (χ1n) is 7.46. The number of benzene rings is 1. The van der Waals surface area contributed by atoms with Gasteiger partial charge in [0.25, 0.3) is 0 Å². The van der Waals surface area contributed by atoms with E-state index in [0.717, 1.165) is 18.2 Å². The maximum atomic E-state index is 12.6. The summed E-state index contributed by atoms with van der Waals surface area (Å²) in [6.07, 6.45) is -3.86. The Labute approximate surface area is 138 Å². The number of hydrogen-bond acceptors (Lipinski definition) is 3. The number of alkyl halides is 3. The first-order valence-corrected chi connectivity index (χ1v) is 7.46. The van der Waals surface area contributed by atoms with Gasteiger partial charge >= 0.3 is 18.0 Å². The lowest BCUT2D eigenvalue weighted by molar-refractivity contribution is -0.137. The molecule has 2 amide bonds. The summed E-state index contributed by atoms with van der Waals surface area (Å²) in [5.74, 6) is -2.24. The molecule has 0 radical (unpaired) electrons. The highest BCUT2D eigenvalue weighted by Crippen LogP contribution is 2.30. The maximum absolute atomic E-state index is 12.6. The van der Waals surface area contributed by atoms with Gasteiger partial charge in [-0.3, -0.25) is 9.59 Å². The first kappa shape index (κ1) is 20.0. The van der Waals surface area contributed by atoms with Crippen LogP contribution in [-0.4, -0.2) is 29.1 Å². The monoisotopic (exact) mass is 346 g/mol. The number of hydrogen-bond donors (Lipinski definition) is 3. The van der Waals surface area contributed by atoms with Gasteiger partial charge in [0, 0.05) is 12.2 Å². The summed E-state index contributed by atoms with van der Waals surface area (Å²) < 4.78 is 37.8. The molecule has 0 saturated heterocycles. The summed E-state index contributed by atoms with van der Waals surface area (Å²) in [7, 11) is 0. The minimum atomic E-state index is -4.54. The Hall–Kier alpha value is -2.09. The smallest absolute Gasteiger partial charge is 0.388 e. The molecule has 0 spiro atoms. The average Bonchev–Trinajstić information content (AvgIpc) is 2.51. The van der Waals surface area contributed by atoms with Crippen LogP contribution in [0, 0.1) is 5.92 Å². The molecular weight excluding hydrogens is 325 g/mol. The highest BCUT2D eigenvalue weighted by molar-refractivity contribution is 6.39. The summed E-state index contributed by atoms with van der Waals surface area (Å²) in [5.41, 5.74) is -2.26. The molecule has 0 aliphatic heterocycles. The zero-order valence-electron chi connectivity index (χ0n) is 13.7. The first-order chi connectivity index (χ1) is 11.0. The van der Waals surface area contributed by atoms with E-state index >= 15 is 0 Å². The topological polar surface area (TPSA) is 78.4 Å². The maximum Gasteiger partial charge on any atom is 0.416 e. The van der Waals surface area contributed by atoms with Gasteiger partial charge in [0.05, 0.1) is 11.2 Å². The van der Waals surface area contributed by atoms with E-state index in [1.54, 1.807) is 6.92 Å². The van der Waals surface area contributed by atoms with E-state index in [2.05, 4.69) is 10.6 Å². The standard InChI is InChI=1S/C16H21F3N2O3/c1-4-10(2)15(3,24)9-20-13(22)14(23)21-12-7-5-6-11(8-12)16(17,18)19/h5-8,10,24H,4,9H2,1-3H3,(H,20,22)(H,21,23)/t10-,15-/m0/s1. The van der Waals surface area contributed by atoms with E-state index in [1.165, 1.54) is 13.0 Å². The Morgan fingerprint density at radius 1 is 1.25 bits per heavy atom. The minimum Gasteiger partial charge on any atom is -0.388 e. The predicted molar refractivity (Wildman–Crippen MR) is 83.2 cm³/mol. The molecule has 8 heteroatoms. The summed E-state index contributed by atoms with van der Waals surface area (Å²) in [4.78, 5) is 23.5. The highest BCUT2D eigenvalue weighted by Gasteiger charge is 2.31. The molecule has 1 rings (SSSR count). The van der Waals surface area contributed by atoms with Gasteiger partial charge in [-0.2, -0.15) is 13.2 Å². The molecule has 1 aromatic rings. The van der Waals surface area contributed by atoms with E-state index in [-0.39, 0.29) is 18.2 Å². The number of nitrogens with one attached hydrogen (secondary N) is 2. The SMILES string of the molecule is CC[C@H](C)[C@@](C)(O)CNC(=O)C(=O)Nc1cccc(C(F)(F)F)c1. The highest BCUT2D eigenvalue weighted by atomic mass is 19.4. The molecule has 0 aliphatic rings. The molecule has 0 unspecified atom stereocenters. The van der Waals surface area contributed by atoms with Gasteiger partial charge in [0.1, 0.15) is 0 Å². The van der Waals surface area contributed by atoms with Crippen LogP contribution < -0.4 is 10.6 Å². The van der Waals surface area contributed by atoms with Crippen molar-refractivity contribution in [3.05, 3.63) is 29.8 Å². The fraction of sp³-hybridized carbons (Fsp3) is 0.500. The lowest BCUT2D eigenvalue weighted by Gasteiger charge is -2.29. The molecule has 0 bridgehead atoms. The van der Waals surface area contributed by atoms with Crippen LogP contribution >= 0.6 is 0 Å². The molecule has 5 nitrogen and oxygen atoms in total. The van der Waals surface area contributed by atoms with Gasteiger partial charge < -0.3 is 15.7 Å². The van der Waals surface area contributed by atoms with Crippen LogP contribution in [0.4, 0.5) is 18.9 Å². The second-order valence-corrected chi connectivity index (χ2v) is 5.88. The van der Waals surface area contributed by atoms with Crippen molar-refractivity contribution in [3.8, 4) is 0 Å². The third-order valence-corrected chi connectivity index (χ3v) is 3.93. The van der Waals surface area contributed by atoms with Crippen molar-refractivity contribution >= 4 is 17.5 Å². The fourth-order valence-corrected chi connectivity index (χ4v) is 1.91. The third-order valence-electron chi connectivity index (χ3n) is 3.93. The summed E-state index contributed by atoms with van der Waals surface area (Å²) in [5, 5.41) is 14.5. The van der Waals surface area contributed by atoms with E-state index in [1.807, 2.05) is 6.92 Å². The summed E-state index contributed by atoms with van der Waals surface area (Å²) >= 11 is 0. The zero-order chi connectivity index (χ0) is 18.5. The van der Waals surface area contributed by atoms with Crippen LogP contribution in [-0.2, 0) is 15.8 Å². The Kier molecular flexibility index (Phi) is 6.36. The predicted octanol–water partition coefficient (Wildman–Crippen LogP) is 2.56. The van der Waals surface area contributed by atoms with Crippen molar-refractivity contribution in [1.82, 2.24) is 5.32 Å². The number of amides is 2. The van der Waals surface area contributed by atoms with Gasteiger partial charge in [0.2, 0.25) is 0 Å². The molecule has 0 saturated carbocycles. The van der Waals surface area contributed by atoms with E-state index in [9.17, 15) is 27.9 Å². The summed E-state index contributed by atoms with van der Waals surface area (Å²) in [6, 6.07) is 3.97. The molecular formula is C16H21F3N2O3. The molecule has 24 heavy (non-hydrogen) atoms. The number of carbonyl (C=O) groups excluding carboxylic acids is 2. The van der Waals surface area contributed by atoms with Crippen molar-refractivity contribution < 1.29 is 27.9 Å². The average molecular weight is 346 g/mol. The van der Waals surface area contributed by atoms with Crippen LogP contribution in [0.15, 0.2) is 24.3 Å². The largest absolute Gasteiger partial charge is 0.416 e. The van der Waals surface area contributed by atoms with Crippen LogP contribution in [0.25, 0.3) is 0 Å². The number of aliphatic hydroxyl groups is 1. The molecule has 1 aromatic carbocycles. The van der Waals surface area contributed by atoms with Crippen LogP contribution in [0.2, 0.25) is 0 Å². The van der Waals surface area contributed by atoms with Crippen molar-refractivity contribution in [3.63, 3.8) is 0 Å². The normalized spacial score (nSPS) is 15.3. The number of halogens is 3. The fourth-order valence-electron chi connectivity index (χ4n) is 1.91. The van der Waals surface area contributed by atoms with Crippen molar-refractivity contribution in [1.29, 1.82) is 0 Å². The van der Waals surface area contributed by atoms with Crippen LogP contribution in [0.5, 0.6) is 0 Å². The Bertz CT molecular complexity index is 600. The van der Waals surface area contributed by atoms with E-state index in [4.69, 9.17) is 0 Å². The number of anilines is 1. The molecule has 2 atom stereocenters. The Balaban J connectivity index is 2.67. The third kappa shape index (κ3) is 5.52. The molecule has 134 valence electrons. The van der Waals surface area contributed by atoms with Crippen LogP contribution in [0.1, 0.15) is 32.8 Å². The number of rotatable bonds is 5. The molecule has 3 N–H and O–H groups in total. The molecule has 0 aliphatic carbocycles. The van der Waals surface area contributed by atoms with Gasteiger partial charge in [-0.15, -0.1) is 0 Å². The second kappa shape index (κ2) is 7.65. The summed E-state index contributed by atoms with van der Waals surface area (Å²) in [6.45, 7) is 5.07. The lowest BCUT2D eigenvalue weighted by atomic mass is 9.89. The van der Waals surface area contributed by atoms with Gasteiger partial charge in [-0.1, -0.05) is 26.3 Å². The molecule has 0 heterocycles. The molecule has 0 aromatic heterocycles. The van der Waals surface area contributed by atoms with Crippen molar-refractivity contribution in [2.45, 2.75) is 39.0 Å². The van der Waals surface area contributed by atoms with Crippen molar-refractivity contribution in [2.75, 3.05) is 11.9 Å². The number of carbonyl (C=O) groups is 2. The van der Waals surface area contributed by atoms with Crippen molar-refractivity contribution in [2.24, 2.45) is 5.92 Å².